The van der Waals surface area contributed by atoms with Gasteiger partial charge < -0.3 is 42.9 Å². The van der Waals surface area contributed by atoms with Crippen molar-refractivity contribution in [2.45, 2.75) is 190 Å². The van der Waals surface area contributed by atoms with Crippen molar-refractivity contribution in [1.82, 2.24) is 10.1 Å². The summed E-state index contributed by atoms with van der Waals surface area (Å²) in [6.45, 7) is 27.6. The lowest BCUT2D eigenvalue weighted by atomic mass is 8.56. The maximum Gasteiger partial charge on any atom is 0.331 e. The zero-order valence-corrected chi connectivity index (χ0v) is 66.8. The number of nitriles is 1. The highest BCUT2D eigenvalue weighted by Crippen LogP contribution is 2.54. The molecule has 4 aliphatic rings. The Kier molecular flexibility index (Phi) is 29.7. The number of esters is 1. The number of ketones is 1. The molecule has 2 aliphatic carbocycles. The average molecular weight is 1460 g/mol. The third-order valence-electron chi connectivity index (χ3n) is 18.8. The summed E-state index contributed by atoms with van der Waals surface area (Å²) in [5, 5.41) is 61.4. The molecular weight excluding hydrogens is 1360 g/mol. The maximum atomic E-state index is 13.2. The van der Waals surface area contributed by atoms with E-state index in [0.29, 0.717) is 0 Å². The monoisotopic (exact) mass is 1460 g/mol. The second-order valence-electron chi connectivity index (χ2n) is 30.8. The van der Waals surface area contributed by atoms with Gasteiger partial charge in [-0.1, -0.05) is 179 Å². The van der Waals surface area contributed by atoms with E-state index in [0.717, 1.165) is 32.1 Å². The number of aliphatic hydroxyl groups excluding tert-OH is 3. The molecule has 18 nitrogen and oxygen atoms in total. The second kappa shape index (κ2) is 35.2. The van der Waals surface area contributed by atoms with Gasteiger partial charge in [-0.25, -0.2) is 14.9 Å². The third kappa shape index (κ3) is 19.8. The van der Waals surface area contributed by atoms with Gasteiger partial charge in [0.1, 0.15) is 67.0 Å². The molecule has 9 rings (SSSR count). The second-order valence-corrected chi connectivity index (χ2v) is 52.2. The molecule has 4 N–H and O–H groups in total. The summed E-state index contributed by atoms with van der Waals surface area (Å²) in [6.07, 6.45) is -11.1. The Bertz CT molecular complexity index is 3580. The van der Waals surface area contributed by atoms with E-state index < -0.39 is 130 Å². The van der Waals surface area contributed by atoms with Crippen molar-refractivity contribution in [1.29, 1.82) is 5.26 Å². The smallest absolute Gasteiger partial charge is 0.331 e. The third-order valence-corrected chi connectivity index (χ3v) is 30.1. The summed E-state index contributed by atoms with van der Waals surface area (Å²) in [5.41, 5.74) is -3.22. The number of ether oxygens (including phenoxy) is 1. The summed E-state index contributed by atoms with van der Waals surface area (Å²) < 4.78 is 31.2. The molecule has 2 saturated carbocycles. The number of carbonyl (C=O) groups excluding carboxylic acids is 4. The minimum Gasteiger partial charge on any atom is -0.466 e. The molecule has 0 unspecified atom stereocenters. The van der Waals surface area contributed by atoms with Crippen LogP contribution < -0.4 is 15.9 Å². The number of hydroxylamine groups is 4. The van der Waals surface area contributed by atoms with Crippen LogP contribution in [0.5, 0.6) is 0 Å². The predicted molar refractivity (Wildman–Crippen MR) is 427 cm³/mol. The van der Waals surface area contributed by atoms with Crippen LogP contribution in [0, 0.1) is 17.2 Å². The van der Waals surface area contributed by atoms with Gasteiger partial charge in [-0.2, -0.15) is 5.26 Å². The van der Waals surface area contributed by atoms with Gasteiger partial charge in [0.25, 0.3) is 0 Å². The fourth-order valence-electron chi connectivity index (χ4n) is 12.7. The number of nitrogens with zero attached hydrogens (tertiary/aromatic N) is 3. The number of methoxy groups -OCH3 is 1. The van der Waals surface area contributed by atoms with Gasteiger partial charge in [0.15, 0.2) is 39.1 Å². The molecule has 2 heterocycles. The molecule has 5 aromatic carbocycles. The van der Waals surface area contributed by atoms with E-state index in [9.17, 15) is 44.9 Å². The van der Waals surface area contributed by atoms with E-state index in [-0.39, 0.29) is 55.3 Å². The molecule has 2 saturated heterocycles. The highest BCUT2D eigenvalue weighted by atomic mass is 31.2. The first-order chi connectivity index (χ1) is 47.4. The van der Waals surface area contributed by atoms with Crippen molar-refractivity contribution in [2.24, 2.45) is 5.92 Å². The Morgan fingerprint density at radius 2 is 0.951 bits per heavy atom. The van der Waals surface area contributed by atoms with Gasteiger partial charge in [0.05, 0.1) is 26.1 Å². The van der Waals surface area contributed by atoms with E-state index in [4.69, 9.17) is 78.5 Å². The topological polar surface area (TPSA) is 244 Å². The fraction of sp³-hybridized carbons (Fsp3) is 0.471. The number of amides is 2. The summed E-state index contributed by atoms with van der Waals surface area (Å²) in [7, 11) is 25.3. The number of rotatable bonds is 22. The summed E-state index contributed by atoms with van der Waals surface area (Å²) in [5.74, 6) is -0.292. The van der Waals surface area contributed by atoms with E-state index in [1.54, 1.807) is 12.7 Å². The average Bonchev–Trinajstić information content (AvgIpc) is 0.683. The maximum absolute atomic E-state index is 13.2. The number of hydrogen-bond acceptors (Lipinski definition) is 16. The van der Waals surface area contributed by atoms with Crippen molar-refractivity contribution < 1.29 is 71.7 Å². The van der Waals surface area contributed by atoms with Crippen LogP contribution in [0.25, 0.3) is 0 Å². The summed E-state index contributed by atoms with van der Waals surface area (Å²) in [4.78, 5) is 62.1. The zero-order chi connectivity index (χ0) is 76.4. The molecule has 5 aromatic rings. The van der Waals surface area contributed by atoms with Crippen LogP contribution in [0.1, 0.15) is 51.7 Å². The molecule has 4 fully saturated rings. The van der Waals surface area contributed by atoms with Crippen LogP contribution in [0.3, 0.4) is 0 Å². The number of aliphatic hydroxyl groups is 4. The molecule has 102 heavy (non-hydrogen) atoms. The van der Waals surface area contributed by atoms with Gasteiger partial charge >= 0.3 is 5.97 Å². The molecule has 2 spiro atoms. The standard InChI is InChI=1S/C28H48N2O7Si3.C21H19O2P.C19H27NO6Si.B11/c1-26(2,3)40(10,11)37-25-24(36-39(7,8)9)27(22(32)23(28(25,33)19-29)35-38(4,5)6)17-21(31)30(27)34-18-20-15-13-12-14-16-20;1-23-21(22)17-24(18-11-5-2-6-12-18,19-13-7-3-8-14-19)20-15-9-4-10-16-20;1-12-15(22)16(23)17(24)19(18(12)26-27(2,3)4)10-14(21)20(19)25-11-13-8-6-5-7-9-13;1-7-10(6)11(8(2)3)9(4)5/h12-16,22-25,32-33H,17-18H2,1-11H3;2-17H,1H3;5-9,12,16-18,23-24H,10-11H2,1-4H3;/t22-,23+,24-,25+,27-,28-;;12-,16-,17-,18-,19-;/m1.1./s1. The molecular formula is C68H94B11N3O15PSi4. The van der Waals surface area contributed by atoms with E-state index in [2.05, 4.69) is 63.2 Å². The van der Waals surface area contributed by atoms with Gasteiger partial charge in [-0.15, -0.1) is 0 Å². The van der Waals surface area contributed by atoms with Crippen molar-refractivity contribution in [3.8, 4) is 6.07 Å². The molecule has 525 valence electrons. The van der Waals surface area contributed by atoms with E-state index in [1.165, 1.54) is 19.2 Å². The van der Waals surface area contributed by atoms with E-state index in [1.807, 2.05) is 187 Å². The Balaban J connectivity index is 0.000000230. The molecule has 13 radical (unpaired) electrons. The number of β-lactam (4-membered cyclic amide) rings is 2. The van der Waals surface area contributed by atoms with Crippen molar-refractivity contribution >= 4 is 164 Å². The van der Waals surface area contributed by atoms with Crippen molar-refractivity contribution in [3.63, 3.8) is 0 Å². The van der Waals surface area contributed by atoms with Crippen LogP contribution in [0.15, 0.2) is 152 Å². The Labute approximate surface area is 619 Å². The largest absolute Gasteiger partial charge is 0.466 e. The van der Waals surface area contributed by atoms with Gasteiger partial charge in [-0.05, 0) is 111 Å². The van der Waals surface area contributed by atoms with Gasteiger partial charge in [-0.3, -0.25) is 24.1 Å². The van der Waals surface area contributed by atoms with Crippen molar-refractivity contribution in [3.05, 3.63) is 163 Å². The lowest BCUT2D eigenvalue weighted by Crippen LogP contribution is -2.87. The Hall–Kier alpha value is -4.85. The first-order valence-electron chi connectivity index (χ1n) is 34.2. The molecule has 11 atom stereocenters. The van der Waals surface area contributed by atoms with Gasteiger partial charge in [0, 0.05) is 90.7 Å². The Morgan fingerprint density at radius 3 is 1.26 bits per heavy atom. The first kappa shape index (κ1) is 86.1. The van der Waals surface area contributed by atoms with Crippen LogP contribution in [-0.4, -0.2) is 239 Å². The lowest BCUT2D eigenvalue weighted by Gasteiger charge is -2.65. The fourth-order valence-corrected chi connectivity index (χ4v) is 21.0. The summed E-state index contributed by atoms with van der Waals surface area (Å²) in [6, 6.07) is 51.5. The quantitative estimate of drug-likeness (QED) is 0.0244. The lowest BCUT2D eigenvalue weighted by molar-refractivity contribution is -0.342. The zero-order valence-electron chi connectivity index (χ0n) is 61.9. The minimum absolute atomic E-state index is 0.0349. The molecule has 0 aromatic heterocycles. The molecule has 0 bridgehead atoms. The van der Waals surface area contributed by atoms with E-state index >= 15 is 0 Å². The minimum atomic E-state index is -2.63. The van der Waals surface area contributed by atoms with Crippen LogP contribution in [0.2, 0.25) is 77.1 Å². The number of Topliss-reactive ketones (excluding diaryl/α,β-unsaturated/α-hetero) is 1. The predicted octanol–water partition coefficient (Wildman–Crippen LogP) is 4.57. The highest BCUT2D eigenvalue weighted by Gasteiger charge is 2.76. The SMILES string of the molecule is CC(C)(C)[Si](C)(C)O[C@H]1[C@@H](O[Si](C)(C)C)[C@@]2(CC(=O)N2OCc2ccccc2)[C@H](O)[C@H](O[Si](C)(C)C)[C@]1(O)C#N.COC(=O)C=P(c1ccccc1)(c1ccccc1)c1ccccc1.C[C@@H]1C(=O)[C@@H](O)[C@@H](O)[C@]2(CC(=O)N2OCc2ccccc2)[C@@H]1O[Si](C)(C)C.[B][B]B([B])B(B([B])[B])B([B])[B]. The van der Waals surface area contributed by atoms with Gasteiger partial charge in [0.2, 0.25) is 17.4 Å². The summed E-state index contributed by atoms with van der Waals surface area (Å²) >= 11 is 0. The highest BCUT2D eigenvalue weighted by molar-refractivity contribution is 8.02. The normalized spacial score (nSPS) is 24.9. The van der Waals surface area contributed by atoms with Crippen LogP contribution in [-0.2, 0) is 64.5 Å². The molecule has 2 aliphatic heterocycles. The Morgan fingerprint density at radius 1 is 0.598 bits per heavy atom. The number of carbonyl (C=O) groups is 4. The molecule has 34 heteroatoms. The first-order valence-corrected chi connectivity index (χ1v) is 49.2. The van der Waals surface area contributed by atoms with Crippen LogP contribution >= 0.6 is 6.89 Å². The molecule has 2 amide bonds. The van der Waals surface area contributed by atoms with Crippen LogP contribution in [0.4, 0.5) is 0 Å². The van der Waals surface area contributed by atoms with Crippen molar-refractivity contribution in [2.75, 3.05) is 7.11 Å². The number of hydrogen-bond donors (Lipinski definition) is 4. The number of benzene rings is 5.